The number of hydrogen-bond donors (Lipinski definition) is 2. The zero-order valence-corrected chi connectivity index (χ0v) is 17.9. The van der Waals surface area contributed by atoms with Crippen LogP contribution in [0.2, 0.25) is 0 Å². The second-order valence-corrected chi connectivity index (χ2v) is 9.23. The third-order valence-electron chi connectivity index (χ3n) is 6.05. The molecule has 156 valence electrons. The van der Waals surface area contributed by atoms with E-state index in [9.17, 15) is 14.7 Å². The minimum atomic E-state index is -1.05. The summed E-state index contributed by atoms with van der Waals surface area (Å²) in [4.78, 5) is 22.5. The number of benzene rings is 2. The summed E-state index contributed by atoms with van der Waals surface area (Å²) in [5.74, 6) is -2.07. The molecule has 0 fully saturated rings. The lowest BCUT2D eigenvalue weighted by Crippen LogP contribution is -2.33. The van der Waals surface area contributed by atoms with Crippen molar-refractivity contribution in [1.29, 1.82) is 0 Å². The Bertz CT molecular complexity index is 1050. The Balaban J connectivity index is 2.13. The van der Waals surface area contributed by atoms with Crippen LogP contribution in [-0.2, 0) is 15.6 Å². The lowest BCUT2D eigenvalue weighted by molar-refractivity contribution is -0.131. The van der Waals surface area contributed by atoms with Crippen molar-refractivity contribution in [2.24, 2.45) is 0 Å². The monoisotopic (exact) mass is 404 g/mol. The summed E-state index contributed by atoms with van der Waals surface area (Å²) in [5, 5.41) is 18.4. The fourth-order valence-electron chi connectivity index (χ4n) is 4.10. The van der Waals surface area contributed by atoms with Crippen molar-refractivity contribution < 1.29 is 19.8 Å². The first-order chi connectivity index (χ1) is 14.0. The van der Waals surface area contributed by atoms with Crippen molar-refractivity contribution in [2.45, 2.75) is 51.4 Å². The zero-order chi connectivity index (χ0) is 22.1. The van der Waals surface area contributed by atoms with Crippen molar-refractivity contribution in [3.63, 3.8) is 0 Å². The van der Waals surface area contributed by atoms with Gasteiger partial charge in [-0.05, 0) is 75.8 Å². The number of carboxylic acid groups (broad SMARTS) is 2. The number of carbonyl (C=O) groups is 2. The molecule has 1 aliphatic rings. The van der Waals surface area contributed by atoms with Gasteiger partial charge in [-0.2, -0.15) is 0 Å². The van der Waals surface area contributed by atoms with Gasteiger partial charge in [0.05, 0.1) is 5.56 Å². The van der Waals surface area contributed by atoms with Gasteiger partial charge in [0, 0.05) is 6.08 Å². The van der Waals surface area contributed by atoms with E-state index in [2.05, 4.69) is 45.9 Å². The Labute approximate surface area is 177 Å². The van der Waals surface area contributed by atoms with Crippen LogP contribution in [0.15, 0.2) is 54.6 Å². The number of rotatable bonds is 5. The molecule has 3 rings (SSSR count). The number of fused-ring (bicyclic) bond motifs is 1. The fraction of sp³-hybridized carbons (Fsp3) is 0.308. The molecule has 2 aromatic carbocycles. The molecule has 4 heteroatoms. The van der Waals surface area contributed by atoms with E-state index in [-0.39, 0.29) is 16.4 Å². The van der Waals surface area contributed by atoms with E-state index in [0.717, 1.165) is 24.5 Å². The Hall–Kier alpha value is -3.14. The molecule has 2 N–H and O–H groups in total. The summed E-state index contributed by atoms with van der Waals surface area (Å²) in [6, 6.07) is 13.0. The maximum absolute atomic E-state index is 11.4. The predicted octanol–water partition coefficient (Wildman–Crippen LogP) is 5.92. The normalized spacial score (nSPS) is 17.5. The minimum absolute atomic E-state index is 0.0645. The molecule has 0 saturated heterocycles. The molecule has 0 amide bonds. The van der Waals surface area contributed by atoms with Gasteiger partial charge in [-0.3, -0.25) is 0 Å². The highest BCUT2D eigenvalue weighted by Crippen LogP contribution is 2.46. The number of allylic oxidation sites excluding steroid dienone is 2. The smallest absolute Gasteiger partial charge is 0.335 e. The fourth-order valence-corrected chi connectivity index (χ4v) is 4.10. The van der Waals surface area contributed by atoms with Gasteiger partial charge in [-0.1, -0.05) is 58.0 Å². The molecule has 0 bridgehead atoms. The largest absolute Gasteiger partial charge is 0.478 e. The van der Waals surface area contributed by atoms with Crippen LogP contribution in [0.25, 0.3) is 11.6 Å². The van der Waals surface area contributed by atoms with Crippen LogP contribution in [0.5, 0.6) is 0 Å². The van der Waals surface area contributed by atoms with Crippen molar-refractivity contribution in [1.82, 2.24) is 0 Å². The van der Waals surface area contributed by atoms with Crippen LogP contribution in [0.3, 0.4) is 0 Å². The van der Waals surface area contributed by atoms with Crippen molar-refractivity contribution in [2.75, 3.05) is 0 Å². The Kier molecular flexibility index (Phi) is 5.71. The molecule has 0 aromatic heterocycles. The van der Waals surface area contributed by atoms with Gasteiger partial charge in [0.25, 0.3) is 0 Å². The first-order valence-corrected chi connectivity index (χ1v) is 10.1. The van der Waals surface area contributed by atoms with E-state index in [4.69, 9.17) is 5.11 Å². The first kappa shape index (κ1) is 21.6. The number of carboxylic acids is 2. The van der Waals surface area contributed by atoms with Crippen LogP contribution in [-0.4, -0.2) is 22.2 Å². The first-order valence-electron chi connectivity index (χ1n) is 10.1. The molecule has 0 saturated carbocycles. The van der Waals surface area contributed by atoms with Crippen LogP contribution in [0.1, 0.15) is 73.1 Å². The summed E-state index contributed by atoms with van der Waals surface area (Å²) in [7, 11) is 0. The average molecular weight is 405 g/mol. The standard InChI is InChI=1S/C26H28O4/c1-25(2)12-13-26(3,4)22-15-17(8-10-21(22)25)14-19(9-11-23(27)28)18-6-5-7-20(16-18)24(29)30/h5-11,14-16H,12-13H2,1-4H3,(H,27,28)(H,29,30)/b11-9-,19-14-. The SMILES string of the molecule is CC1(C)CCC(C)(C)c2cc(/C=C(/C=C\C(=O)O)c3cccc(C(=O)O)c3)ccc21. The molecule has 0 unspecified atom stereocenters. The molecular weight excluding hydrogens is 376 g/mol. The maximum Gasteiger partial charge on any atom is 0.335 e. The highest BCUT2D eigenvalue weighted by Gasteiger charge is 2.36. The number of aliphatic carboxylic acids is 1. The second kappa shape index (κ2) is 7.94. The Morgan fingerprint density at radius 1 is 0.833 bits per heavy atom. The van der Waals surface area contributed by atoms with E-state index in [1.807, 2.05) is 6.08 Å². The molecular formula is C26H28O4. The molecule has 4 nitrogen and oxygen atoms in total. The summed E-state index contributed by atoms with van der Waals surface area (Å²) in [5.41, 5.74) is 5.28. The summed E-state index contributed by atoms with van der Waals surface area (Å²) in [6.45, 7) is 9.07. The highest BCUT2D eigenvalue weighted by molar-refractivity contribution is 5.94. The molecule has 0 atom stereocenters. The average Bonchev–Trinajstić information content (AvgIpc) is 2.68. The summed E-state index contributed by atoms with van der Waals surface area (Å²) < 4.78 is 0. The molecule has 0 radical (unpaired) electrons. The minimum Gasteiger partial charge on any atom is -0.478 e. The van der Waals surface area contributed by atoms with Gasteiger partial charge in [0.1, 0.15) is 0 Å². The highest BCUT2D eigenvalue weighted by atomic mass is 16.4. The van der Waals surface area contributed by atoms with Gasteiger partial charge in [0.15, 0.2) is 0 Å². The zero-order valence-electron chi connectivity index (χ0n) is 17.9. The van der Waals surface area contributed by atoms with Crippen molar-refractivity contribution in [3.05, 3.63) is 82.4 Å². The second-order valence-electron chi connectivity index (χ2n) is 9.23. The van der Waals surface area contributed by atoms with Gasteiger partial charge in [0.2, 0.25) is 0 Å². The number of hydrogen-bond acceptors (Lipinski definition) is 2. The van der Waals surface area contributed by atoms with E-state index < -0.39 is 11.9 Å². The molecule has 0 heterocycles. The summed E-state index contributed by atoms with van der Waals surface area (Å²) in [6.07, 6.45) is 6.74. The van der Waals surface area contributed by atoms with E-state index >= 15 is 0 Å². The lowest BCUT2D eigenvalue weighted by Gasteiger charge is -2.42. The maximum atomic E-state index is 11.4. The van der Waals surface area contributed by atoms with E-state index in [1.54, 1.807) is 18.2 Å². The number of aromatic carboxylic acids is 1. The van der Waals surface area contributed by atoms with Gasteiger partial charge >= 0.3 is 11.9 Å². The van der Waals surface area contributed by atoms with Crippen molar-refractivity contribution >= 4 is 23.6 Å². The van der Waals surface area contributed by atoms with Crippen LogP contribution in [0.4, 0.5) is 0 Å². The van der Waals surface area contributed by atoms with Crippen LogP contribution >= 0.6 is 0 Å². The third kappa shape index (κ3) is 4.54. The van der Waals surface area contributed by atoms with Crippen LogP contribution < -0.4 is 0 Å². The molecule has 1 aliphatic carbocycles. The lowest BCUT2D eigenvalue weighted by atomic mass is 9.63. The predicted molar refractivity (Wildman–Crippen MR) is 120 cm³/mol. The third-order valence-corrected chi connectivity index (χ3v) is 6.05. The molecule has 0 spiro atoms. The topological polar surface area (TPSA) is 74.6 Å². The van der Waals surface area contributed by atoms with E-state index in [1.165, 1.54) is 23.3 Å². The molecule has 0 aliphatic heterocycles. The van der Waals surface area contributed by atoms with Gasteiger partial charge in [-0.15, -0.1) is 0 Å². The Morgan fingerprint density at radius 3 is 2.10 bits per heavy atom. The van der Waals surface area contributed by atoms with Gasteiger partial charge < -0.3 is 10.2 Å². The molecule has 30 heavy (non-hydrogen) atoms. The van der Waals surface area contributed by atoms with E-state index in [0.29, 0.717) is 11.1 Å². The Morgan fingerprint density at radius 2 is 1.47 bits per heavy atom. The van der Waals surface area contributed by atoms with Crippen molar-refractivity contribution in [3.8, 4) is 0 Å². The molecule has 2 aromatic rings. The summed E-state index contributed by atoms with van der Waals surface area (Å²) >= 11 is 0. The quantitative estimate of drug-likeness (QED) is 0.369. The van der Waals surface area contributed by atoms with Crippen LogP contribution in [0, 0.1) is 0 Å². The van der Waals surface area contributed by atoms with Gasteiger partial charge in [-0.25, -0.2) is 9.59 Å².